The Bertz CT molecular complexity index is 584. The minimum Gasteiger partial charge on any atom is -0.497 e. The van der Waals surface area contributed by atoms with Crippen LogP contribution in [0, 0.1) is 0 Å². The SMILES string of the molecule is COc1ccc(Oc2nc(Br)cs2)c(C(=O)O)c1. The quantitative estimate of drug-likeness (QED) is 0.930. The van der Waals surface area contributed by atoms with E-state index in [9.17, 15) is 4.79 Å². The first-order valence-corrected chi connectivity index (χ1v) is 6.47. The number of aromatic nitrogens is 1. The second-order valence-corrected chi connectivity index (χ2v) is 4.84. The molecule has 0 saturated heterocycles. The zero-order valence-electron chi connectivity index (χ0n) is 9.21. The first-order chi connectivity index (χ1) is 8.60. The molecule has 0 atom stereocenters. The van der Waals surface area contributed by atoms with Gasteiger partial charge in [0.1, 0.15) is 21.7 Å². The number of aromatic carboxylic acids is 1. The van der Waals surface area contributed by atoms with Gasteiger partial charge >= 0.3 is 5.97 Å². The van der Waals surface area contributed by atoms with Crippen LogP contribution in [0.2, 0.25) is 0 Å². The fourth-order valence-corrected chi connectivity index (χ4v) is 2.37. The monoisotopic (exact) mass is 329 g/mol. The van der Waals surface area contributed by atoms with Gasteiger partial charge < -0.3 is 14.6 Å². The van der Waals surface area contributed by atoms with Crippen LogP contribution in [0.3, 0.4) is 0 Å². The van der Waals surface area contributed by atoms with Gasteiger partial charge in [-0.3, -0.25) is 0 Å². The summed E-state index contributed by atoms with van der Waals surface area (Å²) in [5.41, 5.74) is 0.0284. The van der Waals surface area contributed by atoms with E-state index in [2.05, 4.69) is 20.9 Å². The van der Waals surface area contributed by atoms with E-state index in [0.29, 0.717) is 15.5 Å². The summed E-state index contributed by atoms with van der Waals surface area (Å²) in [5.74, 6) is -0.398. The summed E-state index contributed by atoms with van der Waals surface area (Å²) in [6, 6.07) is 4.57. The summed E-state index contributed by atoms with van der Waals surface area (Å²) in [6.45, 7) is 0. The molecule has 1 aromatic carbocycles. The van der Waals surface area contributed by atoms with Crippen LogP contribution in [0.25, 0.3) is 0 Å². The molecule has 0 saturated carbocycles. The van der Waals surface area contributed by atoms with Crippen molar-refractivity contribution in [2.75, 3.05) is 7.11 Å². The van der Waals surface area contributed by atoms with Crippen molar-refractivity contribution in [3.05, 3.63) is 33.7 Å². The second-order valence-electron chi connectivity index (χ2n) is 3.21. The molecule has 1 N–H and O–H groups in total. The summed E-state index contributed by atoms with van der Waals surface area (Å²) in [6.07, 6.45) is 0. The lowest BCUT2D eigenvalue weighted by molar-refractivity contribution is 0.0693. The highest BCUT2D eigenvalue weighted by molar-refractivity contribution is 9.10. The Morgan fingerprint density at radius 3 is 2.83 bits per heavy atom. The molecule has 0 radical (unpaired) electrons. The third-order valence-electron chi connectivity index (χ3n) is 2.07. The van der Waals surface area contributed by atoms with Gasteiger partial charge in [0, 0.05) is 5.38 Å². The Labute approximate surface area is 115 Å². The highest BCUT2D eigenvalue weighted by Crippen LogP contribution is 2.31. The number of rotatable bonds is 4. The molecule has 94 valence electrons. The van der Waals surface area contributed by atoms with Crippen molar-refractivity contribution in [2.45, 2.75) is 0 Å². The lowest BCUT2D eigenvalue weighted by Crippen LogP contribution is -2.00. The molecule has 0 amide bonds. The minimum absolute atomic E-state index is 0.0284. The molecule has 0 unspecified atom stereocenters. The highest BCUT2D eigenvalue weighted by atomic mass is 79.9. The molecular formula is C11H8BrNO4S. The van der Waals surface area contributed by atoms with Gasteiger partial charge in [-0.25, -0.2) is 4.79 Å². The van der Waals surface area contributed by atoms with Crippen LogP contribution in [-0.4, -0.2) is 23.2 Å². The molecular weight excluding hydrogens is 322 g/mol. The van der Waals surface area contributed by atoms with E-state index in [1.165, 1.54) is 30.6 Å². The molecule has 2 aromatic rings. The Hall–Kier alpha value is -1.60. The molecule has 0 fully saturated rings. The van der Waals surface area contributed by atoms with Crippen molar-refractivity contribution in [2.24, 2.45) is 0 Å². The summed E-state index contributed by atoms with van der Waals surface area (Å²) in [5, 5.41) is 11.2. The summed E-state index contributed by atoms with van der Waals surface area (Å²) in [7, 11) is 1.47. The average Bonchev–Trinajstić information content (AvgIpc) is 2.75. The van der Waals surface area contributed by atoms with Gasteiger partial charge in [0.25, 0.3) is 5.19 Å². The van der Waals surface area contributed by atoms with Crippen LogP contribution in [-0.2, 0) is 0 Å². The Morgan fingerprint density at radius 2 is 2.28 bits per heavy atom. The number of nitrogens with zero attached hydrogens (tertiary/aromatic N) is 1. The number of ether oxygens (including phenoxy) is 2. The number of methoxy groups -OCH3 is 1. The minimum atomic E-state index is -1.08. The molecule has 0 aliphatic carbocycles. The predicted molar refractivity (Wildman–Crippen MR) is 69.8 cm³/mol. The van der Waals surface area contributed by atoms with Gasteiger partial charge in [-0.05, 0) is 34.1 Å². The lowest BCUT2D eigenvalue weighted by Gasteiger charge is -2.07. The molecule has 0 aliphatic rings. The summed E-state index contributed by atoms with van der Waals surface area (Å²) in [4.78, 5) is 15.2. The molecule has 18 heavy (non-hydrogen) atoms. The third kappa shape index (κ3) is 2.80. The van der Waals surface area contributed by atoms with Gasteiger partial charge in [-0.15, -0.1) is 0 Å². The van der Waals surface area contributed by atoms with E-state index >= 15 is 0 Å². The van der Waals surface area contributed by atoms with E-state index < -0.39 is 5.97 Å². The van der Waals surface area contributed by atoms with Crippen LogP contribution in [0.5, 0.6) is 16.7 Å². The summed E-state index contributed by atoms with van der Waals surface area (Å²) < 4.78 is 11.1. The largest absolute Gasteiger partial charge is 0.497 e. The first kappa shape index (κ1) is 12.8. The van der Waals surface area contributed by atoms with Crippen LogP contribution in [0.1, 0.15) is 10.4 Å². The van der Waals surface area contributed by atoms with Crippen molar-refractivity contribution < 1.29 is 19.4 Å². The number of benzene rings is 1. The van der Waals surface area contributed by atoms with Gasteiger partial charge in [-0.1, -0.05) is 11.3 Å². The molecule has 0 aliphatic heterocycles. The van der Waals surface area contributed by atoms with E-state index in [1.807, 2.05) is 0 Å². The average molecular weight is 330 g/mol. The van der Waals surface area contributed by atoms with Crippen molar-refractivity contribution >= 4 is 33.2 Å². The molecule has 2 rings (SSSR count). The van der Waals surface area contributed by atoms with E-state index in [-0.39, 0.29) is 11.3 Å². The van der Waals surface area contributed by atoms with Crippen molar-refractivity contribution in [3.8, 4) is 16.7 Å². The Morgan fingerprint density at radius 1 is 1.50 bits per heavy atom. The standard InChI is InChI=1S/C11H8BrNO4S/c1-16-6-2-3-8(7(4-6)10(14)15)17-11-13-9(12)5-18-11/h2-5H,1H3,(H,14,15). The lowest BCUT2D eigenvalue weighted by atomic mass is 10.2. The van der Waals surface area contributed by atoms with Gasteiger partial charge in [-0.2, -0.15) is 4.98 Å². The van der Waals surface area contributed by atoms with E-state index in [1.54, 1.807) is 11.4 Å². The van der Waals surface area contributed by atoms with E-state index in [4.69, 9.17) is 14.6 Å². The maximum absolute atomic E-state index is 11.1. The smallest absolute Gasteiger partial charge is 0.339 e. The topological polar surface area (TPSA) is 68.7 Å². The van der Waals surface area contributed by atoms with E-state index in [0.717, 1.165) is 0 Å². The number of hydrogen-bond acceptors (Lipinski definition) is 5. The highest BCUT2D eigenvalue weighted by Gasteiger charge is 2.14. The number of carbonyl (C=O) groups is 1. The zero-order chi connectivity index (χ0) is 13.1. The third-order valence-corrected chi connectivity index (χ3v) is 3.50. The van der Waals surface area contributed by atoms with Crippen LogP contribution < -0.4 is 9.47 Å². The Kier molecular flexibility index (Phi) is 3.83. The zero-order valence-corrected chi connectivity index (χ0v) is 11.6. The molecule has 1 aromatic heterocycles. The molecule has 0 bridgehead atoms. The van der Waals surface area contributed by atoms with Gasteiger partial charge in [0.2, 0.25) is 0 Å². The van der Waals surface area contributed by atoms with Crippen LogP contribution in [0.4, 0.5) is 0 Å². The van der Waals surface area contributed by atoms with Crippen LogP contribution >= 0.6 is 27.3 Å². The Balaban J connectivity index is 2.34. The molecule has 5 nitrogen and oxygen atoms in total. The normalized spacial score (nSPS) is 10.1. The maximum atomic E-state index is 11.1. The molecule has 7 heteroatoms. The molecule has 0 spiro atoms. The second kappa shape index (κ2) is 5.36. The fourth-order valence-electron chi connectivity index (χ4n) is 1.27. The number of carboxylic acid groups (broad SMARTS) is 1. The summed E-state index contributed by atoms with van der Waals surface area (Å²) >= 11 is 4.47. The first-order valence-electron chi connectivity index (χ1n) is 4.80. The fraction of sp³-hybridized carbons (Fsp3) is 0.0909. The van der Waals surface area contributed by atoms with Crippen LogP contribution in [0.15, 0.2) is 28.2 Å². The van der Waals surface area contributed by atoms with Crippen molar-refractivity contribution in [1.82, 2.24) is 4.98 Å². The molecule has 1 heterocycles. The van der Waals surface area contributed by atoms with Crippen molar-refractivity contribution in [1.29, 1.82) is 0 Å². The predicted octanol–water partition coefficient (Wildman–Crippen LogP) is 3.40. The number of hydrogen-bond donors (Lipinski definition) is 1. The van der Waals surface area contributed by atoms with Crippen molar-refractivity contribution in [3.63, 3.8) is 0 Å². The van der Waals surface area contributed by atoms with Gasteiger partial charge in [0.05, 0.1) is 7.11 Å². The van der Waals surface area contributed by atoms with Gasteiger partial charge in [0.15, 0.2) is 0 Å². The number of thiazole rings is 1. The maximum Gasteiger partial charge on any atom is 0.339 e. The number of halogens is 1. The number of carboxylic acids is 1.